The van der Waals surface area contributed by atoms with E-state index in [2.05, 4.69) is 22.5 Å². The van der Waals surface area contributed by atoms with Gasteiger partial charge in [0.2, 0.25) is 0 Å². The molecule has 2 heteroatoms. The lowest BCUT2D eigenvalue weighted by molar-refractivity contribution is 0.325. The van der Waals surface area contributed by atoms with Crippen molar-refractivity contribution in [3.63, 3.8) is 0 Å². The van der Waals surface area contributed by atoms with Gasteiger partial charge in [-0.05, 0) is 30.5 Å². The SMILES string of the molecule is C=CCC[C@H](F)c1cccc(Br)c1. The highest BCUT2D eigenvalue weighted by Gasteiger charge is 2.07. The first-order chi connectivity index (χ1) is 6.24. The predicted molar refractivity (Wildman–Crippen MR) is 57.4 cm³/mol. The first kappa shape index (κ1) is 10.5. The molecule has 0 N–H and O–H groups in total. The van der Waals surface area contributed by atoms with Gasteiger partial charge in [-0.25, -0.2) is 4.39 Å². The highest BCUT2D eigenvalue weighted by molar-refractivity contribution is 9.10. The molecule has 0 saturated carbocycles. The van der Waals surface area contributed by atoms with Gasteiger partial charge in [-0.15, -0.1) is 6.58 Å². The van der Waals surface area contributed by atoms with E-state index in [1.54, 1.807) is 12.1 Å². The van der Waals surface area contributed by atoms with E-state index < -0.39 is 6.17 Å². The van der Waals surface area contributed by atoms with Crippen LogP contribution in [0.2, 0.25) is 0 Å². The minimum Gasteiger partial charge on any atom is -0.242 e. The zero-order chi connectivity index (χ0) is 9.68. The number of hydrogen-bond donors (Lipinski definition) is 0. The highest BCUT2D eigenvalue weighted by atomic mass is 79.9. The number of rotatable bonds is 4. The van der Waals surface area contributed by atoms with Crippen LogP contribution in [0.15, 0.2) is 41.4 Å². The molecule has 1 rings (SSSR count). The van der Waals surface area contributed by atoms with E-state index in [1.165, 1.54) is 0 Å². The molecule has 1 atom stereocenters. The molecule has 0 heterocycles. The van der Waals surface area contributed by atoms with E-state index in [-0.39, 0.29) is 0 Å². The van der Waals surface area contributed by atoms with Gasteiger partial charge in [0, 0.05) is 4.47 Å². The summed E-state index contributed by atoms with van der Waals surface area (Å²) in [5.41, 5.74) is 0.733. The van der Waals surface area contributed by atoms with E-state index in [0.717, 1.165) is 10.0 Å². The summed E-state index contributed by atoms with van der Waals surface area (Å²) >= 11 is 3.31. The third-order valence-electron chi connectivity index (χ3n) is 1.83. The summed E-state index contributed by atoms with van der Waals surface area (Å²) in [6, 6.07) is 7.36. The minimum atomic E-state index is -0.879. The van der Waals surface area contributed by atoms with Crippen molar-refractivity contribution in [2.24, 2.45) is 0 Å². The average Bonchev–Trinajstić information content (AvgIpc) is 2.14. The van der Waals surface area contributed by atoms with Gasteiger partial charge >= 0.3 is 0 Å². The van der Waals surface area contributed by atoms with Gasteiger partial charge in [0.15, 0.2) is 0 Å². The van der Waals surface area contributed by atoms with Gasteiger partial charge in [-0.2, -0.15) is 0 Å². The molecule has 13 heavy (non-hydrogen) atoms. The second kappa shape index (κ2) is 5.18. The lowest BCUT2D eigenvalue weighted by atomic mass is 10.1. The van der Waals surface area contributed by atoms with Crippen LogP contribution >= 0.6 is 15.9 Å². The molecule has 0 aliphatic rings. The smallest absolute Gasteiger partial charge is 0.125 e. The molecule has 0 aliphatic heterocycles. The molecule has 0 spiro atoms. The van der Waals surface area contributed by atoms with E-state index in [1.807, 2.05) is 18.2 Å². The highest BCUT2D eigenvalue weighted by Crippen LogP contribution is 2.25. The fourth-order valence-electron chi connectivity index (χ4n) is 1.13. The van der Waals surface area contributed by atoms with Crippen LogP contribution in [0.1, 0.15) is 24.6 Å². The Balaban J connectivity index is 2.65. The Morgan fingerprint density at radius 2 is 2.31 bits per heavy atom. The molecule has 0 amide bonds. The van der Waals surface area contributed by atoms with Crippen LogP contribution in [0.5, 0.6) is 0 Å². The van der Waals surface area contributed by atoms with Crippen LogP contribution < -0.4 is 0 Å². The van der Waals surface area contributed by atoms with Crippen molar-refractivity contribution < 1.29 is 4.39 Å². The molecule has 0 aromatic heterocycles. The fraction of sp³-hybridized carbons (Fsp3) is 0.273. The Kier molecular flexibility index (Phi) is 4.16. The maximum Gasteiger partial charge on any atom is 0.125 e. The summed E-state index contributed by atoms with van der Waals surface area (Å²) in [7, 11) is 0. The minimum absolute atomic E-state index is 0.514. The zero-order valence-corrected chi connectivity index (χ0v) is 8.93. The number of allylic oxidation sites excluding steroid dienone is 1. The van der Waals surface area contributed by atoms with Crippen LogP contribution in [0, 0.1) is 0 Å². The van der Waals surface area contributed by atoms with Gasteiger partial charge in [-0.1, -0.05) is 34.1 Å². The van der Waals surface area contributed by atoms with Crippen molar-refractivity contribution in [3.05, 3.63) is 47.0 Å². The lowest BCUT2D eigenvalue weighted by Gasteiger charge is -2.06. The first-order valence-electron chi connectivity index (χ1n) is 4.24. The fourth-order valence-corrected chi connectivity index (χ4v) is 1.55. The Morgan fingerprint density at radius 3 is 2.92 bits per heavy atom. The van der Waals surface area contributed by atoms with E-state index in [9.17, 15) is 4.39 Å². The molecule has 0 aliphatic carbocycles. The largest absolute Gasteiger partial charge is 0.242 e. The summed E-state index contributed by atoms with van der Waals surface area (Å²) in [4.78, 5) is 0. The standard InChI is InChI=1S/C11H12BrF/c1-2-3-7-11(13)9-5-4-6-10(12)8-9/h2,4-6,8,11H,1,3,7H2/t11-/m0/s1. The number of alkyl halides is 1. The summed E-state index contributed by atoms with van der Waals surface area (Å²) in [5.74, 6) is 0. The molecule has 70 valence electrons. The van der Waals surface area contributed by atoms with Crippen molar-refractivity contribution in [2.75, 3.05) is 0 Å². The summed E-state index contributed by atoms with van der Waals surface area (Å²) < 4.78 is 14.4. The molecule has 1 aromatic carbocycles. The van der Waals surface area contributed by atoms with E-state index >= 15 is 0 Å². The molecule has 0 nitrogen and oxygen atoms in total. The maximum absolute atomic E-state index is 13.4. The third-order valence-corrected chi connectivity index (χ3v) is 2.33. The van der Waals surface area contributed by atoms with Crippen LogP contribution in [0.25, 0.3) is 0 Å². The summed E-state index contributed by atoms with van der Waals surface area (Å²) in [5, 5.41) is 0. The molecule has 0 fully saturated rings. The van der Waals surface area contributed by atoms with E-state index in [4.69, 9.17) is 0 Å². The topological polar surface area (TPSA) is 0 Å². The van der Waals surface area contributed by atoms with Crippen LogP contribution in [-0.2, 0) is 0 Å². The Morgan fingerprint density at radius 1 is 1.54 bits per heavy atom. The van der Waals surface area contributed by atoms with Crippen molar-refractivity contribution in [2.45, 2.75) is 19.0 Å². The van der Waals surface area contributed by atoms with Gasteiger partial charge in [0.1, 0.15) is 6.17 Å². The van der Waals surface area contributed by atoms with E-state index in [0.29, 0.717) is 12.8 Å². The van der Waals surface area contributed by atoms with Gasteiger partial charge < -0.3 is 0 Å². The zero-order valence-electron chi connectivity index (χ0n) is 7.34. The van der Waals surface area contributed by atoms with Crippen LogP contribution in [-0.4, -0.2) is 0 Å². The molecular weight excluding hydrogens is 231 g/mol. The summed E-state index contributed by atoms with van der Waals surface area (Å²) in [6.07, 6.45) is 2.09. The van der Waals surface area contributed by atoms with Crippen molar-refractivity contribution in [1.82, 2.24) is 0 Å². The Bertz CT molecular complexity index is 283. The molecule has 0 bridgehead atoms. The van der Waals surface area contributed by atoms with Crippen molar-refractivity contribution >= 4 is 15.9 Å². The molecule has 0 saturated heterocycles. The van der Waals surface area contributed by atoms with Crippen LogP contribution in [0.4, 0.5) is 4.39 Å². The molecule has 1 aromatic rings. The number of hydrogen-bond acceptors (Lipinski definition) is 0. The van der Waals surface area contributed by atoms with Crippen LogP contribution in [0.3, 0.4) is 0 Å². The third kappa shape index (κ3) is 3.31. The van der Waals surface area contributed by atoms with Gasteiger partial charge in [0.25, 0.3) is 0 Å². The predicted octanol–water partition coefficient (Wildman–Crippen LogP) is 4.43. The number of halogens is 2. The second-order valence-corrected chi connectivity index (χ2v) is 3.80. The first-order valence-corrected chi connectivity index (χ1v) is 5.03. The molecule has 0 radical (unpaired) electrons. The maximum atomic E-state index is 13.4. The Hall–Kier alpha value is -0.630. The normalized spacial score (nSPS) is 12.5. The van der Waals surface area contributed by atoms with Gasteiger partial charge in [-0.3, -0.25) is 0 Å². The molecule has 0 unspecified atom stereocenters. The Labute approximate surface area is 86.6 Å². The number of benzene rings is 1. The summed E-state index contributed by atoms with van der Waals surface area (Å²) in [6.45, 7) is 3.57. The average molecular weight is 243 g/mol. The van der Waals surface area contributed by atoms with Gasteiger partial charge in [0.05, 0.1) is 0 Å². The quantitative estimate of drug-likeness (QED) is 0.686. The molecular formula is C11H12BrF. The monoisotopic (exact) mass is 242 g/mol. The lowest BCUT2D eigenvalue weighted by Crippen LogP contribution is -1.90. The second-order valence-electron chi connectivity index (χ2n) is 2.89. The van der Waals surface area contributed by atoms with Crippen molar-refractivity contribution in [3.8, 4) is 0 Å². The van der Waals surface area contributed by atoms with Crippen molar-refractivity contribution in [1.29, 1.82) is 0 Å².